The molecule has 17 heavy (non-hydrogen) atoms. The number of amides is 3. The first-order chi connectivity index (χ1) is 8.00. The molecular weight excluding hydrogens is 218 g/mol. The van der Waals surface area contributed by atoms with Gasteiger partial charge in [0.15, 0.2) is 0 Å². The minimum Gasteiger partial charge on any atom is -0.351 e. The summed E-state index contributed by atoms with van der Waals surface area (Å²) in [5.41, 5.74) is 4.93. The number of hydrogen-bond acceptors (Lipinski definition) is 3. The van der Waals surface area contributed by atoms with E-state index in [4.69, 9.17) is 5.73 Å². The zero-order valence-electron chi connectivity index (χ0n) is 10.7. The Hall–Kier alpha value is -1.10. The first-order valence-corrected chi connectivity index (χ1v) is 6.31. The van der Waals surface area contributed by atoms with Gasteiger partial charge in [-0.2, -0.15) is 0 Å². The molecule has 1 aliphatic carbocycles. The van der Waals surface area contributed by atoms with Crippen LogP contribution in [0.1, 0.15) is 39.0 Å². The van der Waals surface area contributed by atoms with Gasteiger partial charge in [-0.05, 0) is 32.7 Å². The third kappa shape index (κ3) is 4.73. The lowest BCUT2D eigenvalue weighted by molar-refractivity contribution is -0.124. The Balaban J connectivity index is 2.37. The molecule has 0 aromatic rings. The van der Waals surface area contributed by atoms with Crippen molar-refractivity contribution in [2.24, 2.45) is 11.7 Å². The average Bonchev–Trinajstić information content (AvgIpc) is 2.28. The molecule has 0 saturated heterocycles. The molecule has 0 bridgehead atoms. The summed E-state index contributed by atoms with van der Waals surface area (Å²) in [6, 6.07) is -1.10. The van der Waals surface area contributed by atoms with E-state index in [0.717, 1.165) is 6.54 Å². The Morgan fingerprint density at radius 3 is 2.47 bits per heavy atom. The SMILES string of the molecule is CC(C(=O)NC(N)=O)N(C)CC1CCCCC1. The fraction of sp³-hybridized carbons (Fsp3) is 0.833. The van der Waals surface area contributed by atoms with Gasteiger partial charge in [0.2, 0.25) is 5.91 Å². The zero-order chi connectivity index (χ0) is 12.8. The zero-order valence-corrected chi connectivity index (χ0v) is 10.7. The Bertz CT molecular complexity index is 275. The van der Waals surface area contributed by atoms with Crippen LogP contribution in [-0.2, 0) is 4.79 Å². The van der Waals surface area contributed by atoms with Crippen LogP contribution in [-0.4, -0.2) is 36.5 Å². The maximum Gasteiger partial charge on any atom is 0.318 e. The van der Waals surface area contributed by atoms with Gasteiger partial charge < -0.3 is 5.73 Å². The van der Waals surface area contributed by atoms with Crippen molar-refractivity contribution in [3.63, 3.8) is 0 Å². The second-order valence-electron chi connectivity index (χ2n) is 4.97. The van der Waals surface area contributed by atoms with Crippen LogP contribution in [0.4, 0.5) is 4.79 Å². The van der Waals surface area contributed by atoms with Crippen molar-refractivity contribution in [2.45, 2.75) is 45.1 Å². The molecule has 0 aromatic carbocycles. The van der Waals surface area contributed by atoms with Gasteiger partial charge in [0.05, 0.1) is 6.04 Å². The van der Waals surface area contributed by atoms with Crippen LogP contribution in [0.25, 0.3) is 0 Å². The van der Waals surface area contributed by atoms with Gasteiger partial charge in [-0.15, -0.1) is 0 Å². The summed E-state index contributed by atoms with van der Waals surface area (Å²) in [7, 11) is 1.92. The summed E-state index contributed by atoms with van der Waals surface area (Å²) in [5.74, 6) is 0.355. The highest BCUT2D eigenvalue weighted by atomic mass is 16.2. The summed E-state index contributed by atoms with van der Waals surface area (Å²) in [6.07, 6.45) is 6.40. The van der Waals surface area contributed by atoms with Crippen LogP contribution in [0, 0.1) is 5.92 Å². The van der Waals surface area contributed by atoms with Gasteiger partial charge in [0, 0.05) is 6.54 Å². The molecule has 1 fully saturated rings. The van der Waals surface area contributed by atoms with Crippen LogP contribution in [0.15, 0.2) is 0 Å². The van der Waals surface area contributed by atoms with Crippen LogP contribution in [0.3, 0.4) is 0 Å². The lowest BCUT2D eigenvalue weighted by Crippen LogP contribution is -2.48. The number of carbonyl (C=O) groups is 2. The summed E-state index contributed by atoms with van der Waals surface area (Å²) < 4.78 is 0. The third-order valence-electron chi connectivity index (χ3n) is 3.56. The molecule has 1 atom stereocenters. The Morgan fingerprint density at radius 1 is 1.35 bits per heavy atom. The Labute approximate surface area is 103 Å². The molecule has 1 saturated carbocycles. The largest absolute Gasteiger partial charge is 0.351 e. The molecule has 3 amide bonds. The van der Waals surface area contributed by atoms with E-state index in [0.29, 0.717) is 5.92 Å². The molecule has 0 radical (unpaired) electrons. The number of primary amides is 1. The second-order valence-corrected chi connectivity index (χ2v) is 4.97. The number of hydrogen-bond donors (Lipinski definition) is 2. The van der Waals surface area contributed by atoms with Gasteiger partial charge in [0.25, 0.3) is 0 Å². The van der Waals surface area contributed by atoms with Crippen LogP contribution >= 0.6 is 0 Å². The molecule has 0 aliphatic heterocycles. The maximum absolute atomic E-state index is 11.6. The smallest absolute Gasteiger partial charge is 0.318 e. The van der Waals surface area contributed by atoms with Gasteiger partial charge in [-0.25, -0.2) is 4.79 Å². The predicted molar refractivity (Wildman–Crippen MR) is 66.4 cm³/mol. The van der Waals surface area contributed by atoms with E-state index in [2.05, 4.69) is 5.32 Å². The molecular formula is C12H23N3O2. The molecule has 0 heterocycles. The summed E-state index contributed by atoms with van der Waals surface area (Å²) in [6.45, 7) is 2.70. The van der Waals surface area contributed by atoms with E-state index < -0.39 is 6.03 Å². The Morgan fingerprint density at radius 2 is 1.94 bits per heavy atom. The predicted octanol–water partition coefficient (Wildman–Crippen LogP) is 1.08. The number of rotatable bonds is 4. The van der Waals surface area contributed by atoms with E-state index in [1.54, 1.807) is 6.92 Å². The number of likely N-dealkylation sites (N-methyl/N-ethyl adjacent to an activating group) is 1. The van der Waals surface area contributed by atoms with Crippen molar-refractivity contribution in [3.05, 3.63) is 0 Å². The molecule has 0 aromatic heterocycles. The average molecular weight is 241 g/mol. The number of nitrogens with two attached hydrogens (primary N) is 1. The summed E-state index contributed by atoms with van der Waals surface area (Å²) >= 11 is 0. The van der Waals surface area contributed by atoms with E-state index >= 15 is 0 Å². The van der Waals surface area contributed by atoms with Crippen molar-refractivity contribution in [1.29, 1.82) is 0 Å². The maximum atomic E-state index is 11.6. The Kier molecular flexibility index (Phi) is 5.41. The quantitative estimate of drug-likeness (QED) is 0.773. The lowest BCUT2D eigenvalue weighted by atomic mass is 9.89. The van der Waals surface area contributed by atoms with Gasteiger partial charge in [-0.1, -0.05) is 19.3 Å². The summed E-state index contributed by atoms with van der Waals surface area (Å²) in [4.78, 5) is 24.2. The van der Waals surface area contributed by atoms with Crippen molar-refractivity contribution < 1.29 is 9.59 Å². The summed E-state index contributed by atoms with van der Waals surface area (Å²) in [5, 5.41) is 2.12. The highest BCUT2D eigenvalue weighted by molar-refractivity contribution is 5.96. The van der Waals surface area contributed by atoms with E-state index in [1.807, 2.05) is 11.9 Å². The molecule has 3 N–H and O–H groups in total. The van der Waals surface area contributed by atoms with Crippen LogP contribution < -0.4 is 11.1 Å². The highest BCUT2D eigenvalue weighted by Gasteiger charge is 2.22. The van der Waals surface area contributed by atoms with Gasteiger partial charge >= 0.3 is 6.03 Å². The lowest BCUT2D eigenvalue weighted by Gasteiger charge is -2.30. The van der Waals surface area contributed by atoms with Crippen molar-refractivity contribution >= 4 is 11.9 Å². The molecule has 1 unspecified atom stereocenters. The van der Waals surface area contributed by atoms with Gasteiger partial charge in [-0.3, -0.25) is 15.0 Å². The van der Waals surface area contributed by atoms with Crippen molar-refractivity contribution in [1.82, 2.24) is 10.2 Å². The molecule has 5 nitrogen and oxygen atoms in total. The van der Waals surface area contributed by atoms with Crippen molar-refractivity contribution in [2.75, 3.05) is 13.6 Å². The number of urea groups is 1. The van der Waals surface area contributed by atoms with E-state index in [9.17, 15) is 9.59 Å². The van der Waals surface area contributed by atoms with Crippen LogP contribution in [0.5, 0.6) is 0 Å². The number of nitrogens with one attached hydrogen (secondary N) is 1. The highest BCUT2D eigenvalue weighted by Crippen LogP contribution is 2.24. The molecule has 1 aliphatic rings. The molecule has 98 valence electrons. The minimum atomic E-state index is -0.784. The van der Waals surface area contributed by atoms with E-state index in [-0.39, 0.29) is 11.9 Å². The fourth-order valence-corrected chi connectivity index (χ4v) is 2.36. The van der Waals surface area contributed by atoms with Crippen LogP contribution in [0.2, 0.25) is 0 Å². The first kappa shape index (κ1) is 14.0. The number of imide groups is 1. The molecule has 0 spiro atoms. The monoisotopic (exact) mass is 241 g/mol. The second kappa shape index (κ2) is 6.59. The molecule has 5 heteroatoms. The van der Waals surface area contributed by atoms with Gasteiger partial charge in [0.1, 0.15) is 0 Å². The topological polar surface area (TPSA) is 75.4 Å². The fourth-order valence-electron chi connectivity index (χ4n) is 2.36. The van der Waals surface area contributed by atoms with E-state index in [1.165, 1.54) is 32.1 Å². The first-order valence-electron chi connectivity index (χ1n) is 6.31. The van der Waals surface area contributed by atoms with Crippen molar-refractivity contribution in [3.8, 4) is 0 Å². The standard InChI is InChI=1S/C12H23N3O2/c1-9(11(16)14-12(13)17)15(2)8-10-6-4-3-5-7-10/h9-10H,3-8H2,1-2H3,(H3,13,14,16,17). The normalized spacial score (nSPS) is 19.0. The molecule has 1 rings (SSSR count). The number of carbonyl (C=O) groups excluding carboxylic acids is 2. The minimum absolute atomic E-state index is 0.315. The third-order valence-corrected chi connectivity index (χ3v) is 3.56. The number of nitrogens with zero attached hydrogens (tertiary/aromatic N) is 1.